The predicted octanol–water partition coefficient (Wildman–Crippen LogP) is 4.51. The minimum atomic E-state index is -0.233. The van der Waals surface area contributed by atoms with Crippen molar-refractivity contribution < 1.29 is 0 Å². The summed E-state index contributed by atoms with van der Waals surface area (Å²) in [6.45, 7) is 4.85. The molecule has 1 heterocycles. The zero-order chi connectivity index (χ0) is 18.3. The van der Waals surface area contributed by atoms with Crippen LogP contribution < -0.4 is 5.56 Å². The van der Waals surface area contributed by atoms with Crippen molar-refractivity contribution >= 4 is 11.8 Å². The number of aromatic nitrogens is 2. The molecule has 132 valence electrons. The Morgan fingerprint density at radius 2 is 1.77 bits per heavy atom. The number of hydrogen-bond donors (Lipinski definition) is 0. The molecule has 0 saturated heterocycles. The van der Waals surface area contributed by atoms with Crippen molar-refractivity contribution in [3.63, 3.8) is 0 Å². The van der Waals surface area contributed by atoms with Gasteiger partial charge in [-0.3, -0.25) is 9.36 Å². The second kappa shape index (κ2) is 6.44. The lowest BCUT2D eigenvalue weighted by atomic mass is 9.72. The van der Waals surface area contributed by atoms with Gasteiger partial charge in [-0.1, -0.05) is 80.2 Å². The maximum absolute atomic E-state index is 13.5. The third-order valence-electron chi connectivity index (χ3n) is 5.08. The third kappa shape index (κ3) is 2.78. The van der Waals surface area contributed by atoms with Crippen LogP contribution in [0.3, 0.4) is 0 Å². The van der Waals surface area contributed by atoms with Gasteiger partial charge in [-0.15, -0.1) is 0 Å². The van der Waals surface area contributed by atoms with Crippen molar-refractivity contribution in [1.29, 1.82) is 0 Å². The first kappa shape index (κ1) is 17.1. The number of benzene rings is 2. The first-order valence-corrected chi connectivity index (χ1v) is 10.1. The van der Waals surface area contributed by atoms with Gasteiger partial charge in [-0.05, 0) is 23.8 Å². The topological polar surface area (TPSA) is 34.9 Å². The smallest absolute Gasteiger partial charge is 0.258 e. The number of nitrogens with zero attached hydrogens (tertiary/aromatic N) is 2. The van der Waals surface area contributed by atoms with Crippen molar-refractivity contribution in [3.8, 4) is 11.3 Å². The third-order valence-corrected chi connectivity index (χ3v) is 5.76. The first-order valence-electron chi connectivity index (χ1n) is 8.83. The zero-order valence-electron chi connectivity index (χ0n) is 15.3. The van der Waals surface area contributed by atoms with Crippen LogP contribution in [0.15, 0.2) is 64.5 Å². The molecule has 0 radical (unpaired) electrons. The van der Waals surface area contributed by atoms with Crippen LogP contribution in [-0.2, 0) is 18.4 Å². The number of fused-ring (bicyclic) bond motifs is 3. The molecule has 0 atom stereocenters. The van der Waals surface area contributed by atoms with Gasteiger partial charge in [0.2, 0.25) is 0 Å². The average Bonchev–Trinajstić information content (AvgIpc) is 2.63. The number of hydrogen-bond acceptors (Lipinski definition) is 3. The molecule has 3 aromatic rings. The van der Waals surface area contributed by atoms with Gasteiger partial charge in [0.05, 0.1) is 12.2 Å². The van der Waals surface area contributed by atoms with E-state index in [1.807, 2.05) is 35.1 Å². The lowest BCUT2D eigenvalue weighted by molar-refractivity contribution is 0.489. The van der Waals surface area contributed by atoms with Crippen molar-refractivity contribution in [1.82, 2.24) is 9.55 Å². The van der Waals surface area contributed by atoms with Crippen LogP contribution in [0.5, 0.6) is 0 Å². The minimum absolute atomic E-state index is 0.0858. The monoisotopic (exact) mass is 362 g/mol. The molecule has 1 aliphatic carbocycles. The van der Waals surface area contributed by atoms with Crippen LogP contribution in [0.4, 0.5) is 0 Å². The molecule has 4 heteroatoms. The molecule has 0 aliphatic heterocycles. The fraction of sp³-hybridized carbons (Fsp3) is 0.273. The summed E-state index contributed by atoms with van der Waals surface area (Å²) in [5.41, 5.74) is 5.03. The van der Waals surface area contributed by atoms with Crippen LogP contribution in [0.25, 0.3) is 11.3 Å². The van der Waals surface area contributed by atoms with E-state index in [1.54, 1.807) is 0 Å². The van der Waals surface area contributed by atoms with E-state index in [1.165, 1.54) is 17.3 Å². The number of thioether (sulfide) groups is 1. The van der Waals surface area contributed by atoms with Gasteiger partial charge in [0.1, 0.15) is 0 Å². The SMILES string of the molecule is CSc1nc2c(c(=O)n1Cc1ccccc1)C(C)(C)Cc1ccccc1-2. The largest absolute Gasteiger partial charge is 0.283 e. The van der Waals surface area contributed by atoms with Crippen LogP contribution in [-0.4, -0.2) is 15.8 Å². The number of rotatable bonds is 3. The molecule has 0 saturated carbocycles. The van der Waals surface area contributed by atoms with E-state index in [0.29, 0.717) is 6.54 Å². The van der Waals surface area contributed by atoms with Crippen molar-refractivity contribution in [2.45, 2.75) is 37.4 Å². The van der Waals surface area contributed by atoms with Gasteiger partial charge in [0.25, 0.3) is 5.56 Å². The molecule has 3 nitrogen and oxygen atoms in total. The minimum Gasteiger partial charge on any atom is -0.283 e. The second-order valence-electron chi connectivity index (χ2n) is 7.42. The van der Waals surface area contributed by atoms with Gasteiger partial charge < -0.3 is 0 Å². The predicted molar refractivity (Wildman–Crippen MR) is 108 cm³/mol. The highest BCUT2D eigenvalue weighted by molar-refractivity contribution is 7.98. The Morgan fingerprint density at radius 3 is 2.50 bits per heavy atom. The van der Waals surface area contributed by atoms with E-state index in [4.69, 9.17) is 4.98 Å². The normalized spacial score (nSPS) is 14.6. The Morgan fingerprint density at radius 1 is 1.08 bits per heavy atom. The summed E-state index contributed by atoms with van der Waals surface area (Å²) < 4.78 is 1.83. The van der Waals surface area contributed by atoms with Crippen molar-refractivity contribution in [2.75, 3.05) is 6.26 Å². The highest BCUT2D eigenvalue weighted by atomic mass is 32.2. The molecule has 1 aromatic heterocycles. The lowest BCUT2D eigenvalue weighted by Crippen LogP contribution is -2.38. The molecular weight excluding hydrogens is 340 g/mol. The molecule has 0 fully saturated rings. The van der Waals surface area contributed by atoms with E-state index >= 15 is 0 Å². The summed E-state index contributed by atoms with van der Waals surface area (Å²) in [6.07, 6.45) is 2.84. The molecule has 1 aliphatic rings. The maximum atomic E-state index is 13.5. The summed E-state index contributed by atoms with van der Waals surface area (Å²) >= 11 is 1.53. The van der Waals surface area contributed by atoms with E-state index < -0.39 is 0 Å². The molecular formula is C22H22N2OS. The summed E-state index contributed by atoms with van der Waals surface area (Å²) in [4.78, 5) is 18.5. The Labute approximate surface area is 158 Å². The Hall–Kier alpha value is -2.33. The van der Waals surface area contributed by atoms with Gasteiger partial charge in [0.15, 0.2) is 5.16 Å². The molecule has 0 spiro atoms. The lowest BCUT2D eigenvalue weighted by Gasteiger charge is -2.33. The molecule has 0 N–H and O–H groups in total. The fourth-order valence-corrected chi connectivity index (χ4v) is 4.42. The Balaban J connectivity index is 1.97. The molecule has 2 aromatic carbocycles. The van der Waals surface area contributed by atoms with Crippen molar-refractivity contribution in [3.05, 3.63) is 81.6 Å². The highest BCUT2D eigenvalue weighted by Gasteiger charge is 2.35. The van der Waals surface area contributed by atoms with Crippen LogP contribution in [0.1, 0.15) is 30.5 Å². The zero-order valence-corrected chi connectivity index (χ0v) is 16.1. The summed E-state index contributed by atoms with van der Waals surface area (Å²) in [5, 5.41) is 0.769. The van der Waals surface area contributed by atoms with E-state index in [0.717, 1.165) is 34.0 Å². The molecule has 0 bridgehead atoms. The summed E-state index contributed by atoms with van der Waals surface area (Å²) in [6, 6.07) is 18.4. The standard InChI is InChI=1S/C22H22N2OS/c1-22(2)13-16-11-7-8-12-17(16)19-18(22)20(25)24(21(23-19)26-3)14-15-9-5-4-6-10-15/h4-12H,13-14H2,1-3H3. The van der Waals surface area contributed by atoms with Crippen LogP contribution in [0.2, 0.25) is 0 Å². The molecule has 0 amide bonds. The van der Waals surface area contributed by atoms with E-state index in [-0.39, 0.29) is 11.0 Å². The quantitative estimate of drug-likeness (QED) is 0.508. The summed E-state index contributed by atoms with van der Waals surface area (Å²) in [5.74, 6) is 0. The maximum Gasteiger partial charge on any atom is 0.258 e. The Kier molecular flexibility index (Phi) is 4.23. The van der Waals surface area contributed by atoms with Crippen LogP contribution in [0, 0.1) is 0 Å². The van der Waals surface area contributed by atoms with E-state index in [9.17, 15) is 4.79 Å². The Bertz CT molecular complexity index is 1020. The van der Waals surface area contributed by atoms with Gasteiger partial charge in [0, 0.05) is 16.5 Å². The molecule has 4 rings (SSSR count). The molecule has 26 heavy (non-hydrogen) atoms. The molecule has 0 unspecified atom stereocenters. The van der Waals surface area contributed by atoms with Gasteiger partial charge in [-0.25, -0.2) is 4.98 Å². The highest BCUT2D eigenvalue weighted by Crippen LogP contribution is 2.40. The second-order valence-corrected chi connectivity index (χ2v) is 8.19. The fourth-order valence-electron chi connectivity index (χ4n) is 3.87. The van der Waals surface area contributed by atoms with Gasteiger partial charge >= 0.3 is 0 Å². The van der Waals surface area contributed by atoms with E-state index in [2.05, 4.69) is 44.2 Å². The van der Waals surface area contributed by atoms with Crippen molar-refractivity contribution in [2.24, 2.45) is 0 Å². The summed E-state index contributed by atoms with van der Waals surface area (Å²) in [7, 11) is 0. The first-order chi connectivity index (χ1) is 12.5. The average molecular weight is 362 g/mol. The van der Waals surface area contributed by atoms with Gasteiger partial charge in [-0.2, -0.15) is 0 Å². The van der Waals surface area contributed by atoms with Crippen LogP contribution >= 0.6 is 11.8 Å².